The summed E-state index contributed by atoms with van der Waals surface area (Å²) < 4.78 is 6.47. The number of amides is 1. The maximum absolute atomic E-state index is 11.8. The van der Waals surface area contributed by atoms with Crippen LogP contribution in [0.3, 0.4) is 0 Å². The molecule has 1 amide bonds. The van der Waals surface area contributed by atoms with Crippen LogP contribution < -0.4 is 5.76 Å². The molecule has 6 heteroatoms. The number of carbonyl (C=O) groups is 1. The van der Waals surface area contributed by atoms with E-state index in [0.717, 1.165) is 24.1 Å². The molecule has 0 radical (unpaired) electrons. The number of likely N-dealkylation sites (tertiary alicyclic amines) is 1. The Labute approximate surface area is 122 Å². The zero-order valence-electron chi connectivity index (χ0n) is 11.9. The second-order valence-corrected chi connectivity index (χ2v) is 5.25. The molecule has 6 nitrogen and oxygen atoms in total. The lowest BCUT2D eigenvalue weighted by molar-refractivity contribution is -0.127. The number of carbonyl (C=O) groups excluding carboxylic acids is 1. The third-order valence-electron chi connectivity index (χ3n) is 3.62. The van der Waals surface area contributed by atoms with E-state index in [9.17, 15) is 9.59 Å². The van der Waals surface area contributed by atoms with Gasteiger partial charge in [0.2, 0.25) is 11.8 Å². The monoisotopic (exact) mass is 287 g/mol. The molecule has 21 heavy (non-hydrogen) atoms. The van der Waals surface area contributed by atoms with Gasteiger partial charge < -0.3 is 9.32 Å². The molecule has 1 fully saturated rings. The highest BCUT2D eigenvalue weighted by Crippen LogP contribution is 2.16. The summed E-state index contributed by atoms with van der Waals surface area (Å²) in [6.07, 6.45) is 1.49. The van der Waals surface area contributed by atoms with Crippen molar-refractivity contribution in [1.29, 1.82) is 0 Å². The molecule has 2 aromatic rings. The minimum Gasteiger partial charge on any atom is -0.388 e. The molecule has 2 heterocycles. The molecule has 0 N–H and O–H groups in total. The van der Waals surface area contributed by atoms with Crippen molar-refractivity contribution in [3.63, 3.8) is 0 Å². The van der Waals surface area contributed by atoms with E-state index in [2.05, 4.69) is 5.10 Å². The first-order chi connectivity index (χ1) is 10.1. The summed E-state index contributed by atoms with van der Waals surface area (Å²) in [6, 6.07) is 7.64. The third kappa shape index (κ3) is 2.89. The number of benzene rings is 1. The molecular weight excluding hydrogens is 270 g/mol. The summed E-state index contributed by atoms with van der Waals surface area (Å²) in [4.78, 5) is 25.1. The minimum absolute atomic E-state index is 0.144. The summed E-state index contributed by atoms with van der Waals surface area (Å²) >= 11 is 0. The first kappa shape index (κ1) is 13.6. The van der Waals surface area contributed by atoms with Crippen LogP contribution in [-0.4, -0.2) is 33.7 Å². The van der Waals surface area contributed by atoms with Crippen LogP contribution in [0.4, 0.5) is 0 Å². The van der Waals surface area contributed by atoms with Gasteiger partial charge in [-0.2, -0.15) is 4.68 Å². The number of nitrogens with zero attached hydrogens (tertiary/aromatic N) is 3. The minimum atomic E-state index is -0.488. The average molecular weight is 287 g/mol. The number of aryl methyl sites for hydroxylation is 1. The lowest BCUT2D eigenvalue weighted by Crippen LogP contribution is -2.31. The highest BCUT2D eigenvalue weighted by atomic mass is 16.4. The summed E-state index contributed by atoms with van der Waals surface area (Å²) in [7, 11) is 0. The standard InChI is InChI=1S/C15H17N3O3/c1-11-4-2-5-12(10-11)14-16-18(15(20)21-14)9-8-17-7-3-6-13(17)19/h2,4-5,10H,3,6-9H2,1H3. The molecule has 1 saturated heterocycles. The molecule has 1 aromatic heterocycles. The number of hydrogen-bond donors (Lipinski definition) is 0. The average Bonchev–Trinajstić information content (AvgIpc) is 3.03. The van der Waals surface area contributed by atoms with Crippen molar-refractivity contribution >= 4 is 5.91 Å². The van der Waals surface area contributed by atoms with E-state index in [1.807, 2.05) is 31.2 Å². The van der Waals surface area contributed by atoms with Crippen LogP contribution >= 0.6 is 0 Å². The topological polar surface area (TPSA) is 68.3 Å². The SMILES string of the molecule is Cc1cccc(-c2nn(CCN3CCCC3=O)c(=O)o2)c1. The molecule has 0 saturated carbocycles. The van der Waals surface area contributed by atoms with E-state index >= 15 is 0 Å². The molecule has 1 aliphatic rings. The smallest absolute Gasteiger partial charge is 0.388 e. The van der Waals surface area contributed by atoms with Gasteiger partial charge in [0.25, 0.3) is 0 Å². The molecule has 0 atom stereocenters. The van der Waals surface area contributed by atoms with Gasteiger partial charge in [-0.15, -0.1) is 5.10 Å². The molecule has 0 spiro atoms. The second-order valence-electron chi connectivity index (χ2n) is 5.25. The van der Waals surface area contributed by atoms with Crippen molar-refractivity contribution in [2.24, 2.45) is 0 Å². The summed E-state index contributed by atoms with van der Waals surface area (Å²) in [5.74, 6) is -0.0277. The van der Waals surface area contributed by atoms with Crippen molar-refractivity contribution < 1.29 is 9.21 Å². The molecule has 1 aliphatic heterocycles. The molecule has 3 rings (SSSR count). The fourth-order valence-corrected chi connectivity index (χ4v) is 2.50. The van der Waals surface area contributed by atoms with Crippen LogP contribution in [0, 0.1) is 6.92 Å². The molecule has 110 valence electrons. The van der Waals surface area contributed by atoms with Crippen LogP contribution in [0.5, 0.6) is 0 Å². The fraction of sp³-hybridized carbons (Fsp3) is 0.400. The quantitative estimate of drug-likeness (QED) is 0.853. The molecular formula is C15H17N3O3. The predicted octanol–water partition coefficient (Wildman–Crippen LogP) is 1.43. The highest BCUT2D eigenvalue weighted by molar-refractivity contribution is 5.77. The zero-order valence-corrected chi connectivity index (χ0v) is 11.9. The molecule has 0 unspecified atom stereocenters. The van der Waals surface area contributed by atoms with E-state index in [0.29, 0.717) is 25.4 Å². The van der Waals surface area contributed by atoms with Gasteiger partial charge in [0, 0.05) is 25.1 Å². The molecule has 0 bridgehead atoms. The maximum atomic E-state index is 11.8. The number of aromatic nitrogens is 2. The van der Waals surface area contributed by atoms with E-state index in [1.165, 1.54) is 4.68 Å². The van der Waals surface area contributed by atoms with Gasteiger partial charge in [-0.25, -0.2) is 4.79 Å². The number of hydrogen-bond acceptors (Lipinski definition) is 4. The van der Waals surface area contributed by atoms with Crippen molar-refractivity contribution in [3.8, 4) is 11.5 Å². The predicted molar refractivity (Wildman–Crippen MR) is 76.8 cm³/mol. The zero-order chi connectivity index (χ0) is 14.8. The fourth-order valence-electron chi connectivity index (χ4n) is 2.50. The number of rotatable bonds is 4. The van der Waals surface area contributed by atoms with Crippen molar-refractivity contribution in [3.05, 3.63) is 40.4 Å². The van der Waals surface area contributed by atoms with Crippen LogP contribution in [-0.2, 0) is 11.3 Å². The summed E-state index contributed by atoms with van der Waals surface area (Å²) in [6.45, 7) is 3.59. The van der Waals surface area contributed by atoms with E-state index in [-0.39, 0.29) is 5.91 Å². The Hall–Kier alpha value is -2.37. The lowest BCUT2D eigenvalue weighted by atomic mass is 10.1. The van der Waals surface area contributed by atoms with Gasteiger partial charge in [0.1, 0.15) is 0 Å². The van der Waals surface area contributed by atoms with Gasteiger partial charge in [0.15, 0.2) is 0 Å². The lowest BCUT2D eigenvalue weighted by Gasteiger charge is -2.13. The Kier molecular flexibility index (Phi) is 3.60. The van der Waals surface area contributed by atoms with Gasteiger partial charge >= 0.3 is 5.76 Å². The normalized spacial score (nSPS) is 14.9. The van der Waals surface area contributed by atoms with Crippen molar-refractivity contribution in [2.45, 2.75) is 26.3 Å². The second kappa shape index (κ2) is 5.55. The Morgan fingerprint density at radius 2 is 2.14 bits per heavy atom. The largest absolute Gasteiger partial charge is 0.437 e. The maximum Gasteiger partial charge on any atom is 0.437 e. The van der Waals surface area contributed by atoms with Crippen LogP contribution in [0.1, 0.15) is 18.4 Å². The summed E-state index contributed by atoms with van der Waals surface area (Å²) in [5, 5.41) is 4.21. The van der Waals surface area contributed by atoms with Crippen LogP contribution in [0.25, 0.3) is 11.5 Å². The van der Waals surface area contributed by atoms with Crippen molar-refractivity contribution in [2.75, 3.05) is 13.1 Å². The Bertz CT molecular complexity index is 717. The van der Waals surface area contributed by atoms with Gasteiger partial charge in [0.05, 0.1) is 6.54 Å². The Morgan fingerprint density at radius 3 is 2.86 bits per heavy atom. The van der Waals surface area contributed by atoms with Crippen LogP contribution in [0.2, 0.25) is 0 Å². The first-order valence-corrected chi connectivity index (χ1v) is 7.06. The molecule has 1 aromatic carbocycles. The van der Waals surface area contributed by atoms with E-state index in [1.54, 1.807) is 4.90 Å². The Balaban J connectivity index is 1.75. The van der Waals surface area contributed by atoms with Gasteiger partial charge in [-0.05, 0) is 25.5 Å². The van der Waals surface area contributed by atoms with Crippen molar-refractivity contribution in [1.82, 2.24) is 14.7 Å². The first-order valence-electron chi connectivity index (χ1n) is 7.06. The van der Waals surface area contributed by atoms with Crippen LogP contribution in [0.15, 0.2) is 33.5 Å². The highest BCUT2D eigenvalue weighted by Gasteiger charge is 2.20. The Morgan fingerprint density at radius 1 is 1.29 bits per heavy atom. The van der Waals surface area contributed by atoms with Gasteiger partial charge in [-0.3, -0.25) is 4.79 Å². The van der Waals surface area contributed by atoms with E-state index in [4.69, 9.17) is 4.42 Å². The van der Waals surface area contributed by atoms with E-state index < -0.39 is 5.76 Å². The van der Waals surface area contributed by atoms with Gasteiger partial charge in [-0.1, -0.05) is 17.7 Å². The third-order valence-corrected chi connectivity index (χ3v) is 3.62. The summed E-state index contributed by atoms with van der Waals surface area (Å²) in [5.41, 5.74) is 1.86. The molecule has 0 aliphatic carbocycles.